The van der Waals surface area contributed by atoms with E-state index in [0.29, 0.717) is 11.9 Å². The van der Waals surface area contributed by atoms with Crippen LogP contribution in [0.4, 0.5) is 10.5 Å². The third-order valence-corrected chi connectivity index (χ3v) is 5.33. The number of hydrogen-bond donors (Lipinski definition) is 1. The minimum Gasteiger partial charge on any atom is -0.444 e. The lowest BCUT2D eigenvalue weighted by Crippen LogP contribution is -2.44. The zero-order chi connectivity index (χ0) is 16.7. The zero-order valence-corrected chi connectivity index (χ0v) is 14.2. The van der Waals surface area contributed by atoms with Gasteiger partial charge in [-0.15, -0.1) is 0 Å². The number of carbonyl (C=O) groups excluding carboxylic acids is 1. The Morgan fingerprint density at radius 2 is 2.17 bits per heavy atom. The monoisotopic (exact) mass is 325 g/mol. The van der Waals surface area contributed by atoms with Crippen LogP contribution in [0.15, 0.2) is 28.9 Å². The first-order valence-corrected chi connectivity index (χ1v) is 8.71. The number of rotatable bonds is 2. The van der Waals surface area contributed by atoms with Crippen molar-refractivity contribution in [2.24, 2.45) is 5.92 Å². The first kappa shape index (κ1) is 15.2. The number of aryl methyl sites for hydroxylation is 2. The Morgan fingerprint density at radius 3 is 2.96 bits per heavy atom. The maximum atomic E-state index is 12.7. The van der Waals surface area contributed by atoms with E-state index in [1.54, 1.807) is 6.26 Å². The largest absolute Gasteiger partial charge is 0.444 e. The van der Waals surface area contributed by atoms with E-state index < -0.39 is 0 Å². The third-order valence-electron chi connectivity index (χ3n) is 5.33. The lowest BCUT2D eigenvalue weighted by atomic mass is 9.99. The van der Waals surface area contributed by atoms with E-state index in [1.807, 2.05) is 36.9 Å². The zero-order valence-electron chi connectivity index (χ0n) is 14.2. The summed E-state index contributed by atoms with van der Waals surface area (Å²) in [6.07, 6.45) is 6.37. The minimum atomic E-state index is 0.0127. The van der Waals surface area contributed by atoms with E-state index in [4.69, 9.17) is 4.42 Å². The van der Waals surface area contributed by atoms with Gasteiger partial charge in [-0.1, -0.05) is 6.07 Å². The fourth-order valence-corrected chi connectivity index (χ4v) is 3.97. The number of carbonyl (C=O) groups is 1. The van der Waals surface area contributed by atoms with Crippen molar-refractivity contribution in [1.29, 1.82) is 0 Å². The van der Waals surface area contributed by atoms with Gasteiger partial charge in [0.2, 0.25) is 5.89 Å². The molecule has 2 fully saturated rings. The first-order valence-electron chi connectivity index (χ1n) is 8.71. The molecule has 0 unspecified atom stereocenters. The van der Waals surface area contributed by atoms with Crippen LogP contribution >= 0.6 is 0 Å². The number of fused-ring (bicyclic) bond motifs is 2. The second kappa shape index (κ2) is 5.96. The van der Waals surface area contributed by atoms with Gasteiger partial charge in [-0.3, -0.25) is 0 Å². The number of hydrogen-bond acceptors (Lipinski definition) is 3. The van der Waals surface area contributed by atoms with E-state index in [9.17, 15) is 4.79 Å². The third kappa shape index (κ3) is 2.79. The van der Waals surface area contributed by atoms with Crippen LogP contribution in [-0.2, 0) is 0 Å². The Labute approximate surface area is 142 Å². The predicted octanol–water partition coefficient (Wildman–Crippen LogP) is 4.36. The molecule has 1 saturated carbocycles. The highest BCUT2D eigenvalue weighted by Gasteiger charge is 2.36. The molecule has 5 heteroatoms. The molecule has 1 aromatic heterocycles. The number of nitrogens with zero attached hydrogens (tertiary/aromatic N) is 2. The Balaban J connectivity index is 1.53. The molecule has 2 heterocycles. The van der Waals surface area contributed by atoms with Gasteiger partial charge in [-0.2, -0.15) is 0 Å². The summed E-state index contributed by atoms with van der Waals surface area (Å²) >= 11 is 0. The van der Waals surface area contributed by atoms with Crippen LogP contribution in [0.2, 0.25) is 0 Å². The highest BCUT2D eigenvalue weighted by molar-refractivity contribution is 5.90. The van der Waals surface area contributed by atoms with E-state index >= 15 is 0 Å². The molecular weight excluding hydrogens is 302 g/mol. The maximum absolute atomic E-state index is 12.7. The molecule has 1 aliphatic heterocycles. The molecule has 2 amide bonds. The van der Waals surface area contributed by atoms with Gasteiger partial charge in [0, 0.05) is 23.8 Å². The van der Waals surface area contributed by atoms with Crippen LogP contribution in [-0.4, -0.2) is 28.5 Å². The number of nitrogens with one attached hydrogen (secondary N) is 1. The second-order valence-electron chi connectivity index (χ2n) is 7.07. The summed E-state index contributed by atoms with van der Waals surface area (Å²) in [5, 5.41) is 3.06. The summed E-state index contributed by atoms with van der Waals surface area (Å²) < 4.78 is 5.51. The van der Waals surface area contributed by atoms with Gasteiger partial charge in [-0.05, 0) is 63.1 Å². The molecular formula is C19H23N3O2. The smallest absolute Gasteiger partial charge is 0.322 e. The maximum Gasteiger partial charge on any atom is 0.322 e. The number of likely N-dealkylation sites (tertiary alicyclic amines) is 1. The molecule has 1 saturated heterocycles. The number of anilines is 1. The van der Waals surface area contributed by atoms with Crippen molar-refractivity contribution in [2.45, 2.75) is 45.6 Å². The van der Waals surface area contributed by atoms with E-state index in [-0.39, 0.29) is 6.03 Å². The van der Waals surface area contributed by atoms with Crippen molar-refractivity contribution in [2.75, 3.05) is 11.9 Å². The number of urea groups is 1. The van der Waals surface area contributed by atoms with Crippen LogP contribution in [0, 0.1) is 19.8 Å². The highest BCUT2D eigenvalue weighted by atomic mass is 16.3. The van der Waals surface area contributed by atoms with Crippen molar-refractivity contribution in [3.63, 3.8) is 0 Å². The van der Waals surface area contributed by atoms with Crippen molar-refractivity contribution in [3.8, 4) is 11.5 Å². The fraction of sp³-hybridized carbons (Fsp3) is 0.474. The minimum absolute atomic E-state index is 0.0127. The van der Waals surface area contributed by atoms with Crippen LogP contribution in [0.5, 0.6) is 0 Å². The van der Waals surface area contributed by atoms with Crippen LogP contribution in [0.3, 0.4) is 0 Å². The average molecular weight is 325 g/mol. The summed E-state index contributed by atoms with van der Waals surface area (Å²) in [5.74, 6) is 1.43. The van der Waals surface area contributed by atoms with E-state index in [1.165, 1.54) is 12.8 Å². The summed E-state index contributed by atoms with van der Waals surface area (Å²) in [6, 6.07) is 6.31. The molecule has 1 aliphatic carbocycles. The Hall–Kier alpha value is -2.30. The van der Waals surface area contributed by atoms with E-state index in [0.717, 1.165) is 47.8 Å². The molecule has 126 valence electrons. The van der Waals surface area contributed by atoms with Gasteiger partial charge >= 0.3 is 6.03 Å². The summed E-state index contributed by atoms with van der Waals surface area (Å²) in [7, 11) is 0. The number of aromatic nitrogens is 1. The Kier molecular flexibility index (Phi) is 3.79. The quantitative estimate of drug-likeness (QED) is 0.892. The fourth-order valence-electron chi connectivity index (χ4n) is 3.97. The van der Waals surface area contributed by atoms with Gasteiger partial charge in [0.05, 0.1) is 5.69 Å². The molecule has 24 heavy (non-hydrogen) atoms. The predicted molar refractivity (Wildman–Crippen MR) is 92.9 cm³/mol. The Bertz CT molecular complexity index is 768. The van der Waals surface area contributed by atoms with Crippen molar-refractivity contribution < 1.29 is 9.21 Å². The SMILES string of the molecule is Cc1coc(-c2cc(NC(=O)N3CC[C@@H]4CC[C@H]3C4)ccc2C)n1. The average Bonchev–Trinajstić information content (AvgIpc) is 3.16. The normalized spacial score (nSPS) is 22.7. The lowest BCUT2D eigenvalue weighted by molar-refractivity contribution is 0.167. The second-order valence-corrected chi connectivity index (χ2v) is 7.07. The van der Waals surface area contributed by atoms with Gasteiger partial charge in [0.1, 0.15) is 6.26 Å². The molecule has 2 bridgehead atoms. The van der Waals surface area contributed by atoms with Crippen LogP contribution in [0.25, 0.3) is 11.5 Å². The number of amides is 2. The van der Waals surface area contributed by atoms with Gasteiger partial charge in [-0.25, -0.2) is 9.78 Å². The summed E-state index contributed by atoms with van der Waals surface area (Å²) in [5.41, 5.74) is 3.63. The first-order chi connectivity index (χ1) is 11.6. The molecule has 0 spiro atoms. The molecule has 2 aliphatic rings. The van der Waals surface area contributed by atoms with Gasteiger partial charge in [0.15, 0.2) is 0 Å². The molecule has 4 rings (SSSR count). The summed E-state index contributed by atoms with van der Waals surface area (Å²) in [6.45, 7) is 4.79. The molecule has 0 radical (unpaired) electrons. The number of benzene rings is 1. The molecule has 1 N–H and O–H groups in total. The lowest BCUT2D eigenvalue weighted by Gasteiger charge is -2.33. The molecule has 2 aromatic rings. The van der Waals surface area contributed by atoms with Crippen LogP contribution < -0.4 is 5.32 Å². The highest BCUT2D eigenvalue weighted by Crippen LogP contribution is 2.36. The number of oxazole rings is 1. The standard InChI is InChI=1S/C19H23N3O2/c1-12-3-5-15(10-17(12)18-20-13(2)11-24-18)21-19(23)22-8-7-14-4-6-16(22)9-14/h3,5,10-11,14,16H,4,6-9H2,1-2H3,(H,21,23)/t14-,16-/m0/s1. The van der Waals surface area contributed by atoms with Crippen molar-refractivity contribution in [1.82, 2.24) is 9.88 Å². The van der Waals surface area contributed by atoms with Crippen LogP contribution in [0.1, 0.15) is 36.9 Å². The topological polar surface area (TPSA) is 58.4 Å². The van der Waals surface area contributed by atoms with Crippen molar-refractivity contribution >= 4 is 11.7 Å². The molecule has 5 nitrogen and oxygen atoms in total. The van der Waals surface area contributed by atoms with Gasteiger partial charge < -0.3 is 14.6 Å². The van der Waals surface area contributed by atoms with Gasteiger partial charge in [0.25, 0.3) is 0 Å². The van der Waals surface area contributed by atoms with E-state index in [2.05, 4.69) is 10.3 Å². The van der Waals surface area contributed by atoms with Crippen molar-refractivity contribution in [3.05, 3.63) is 35.7 Å². The summed E-state index contributed by atoms with van der Waals surface area (Å²) in [4.78, 5) is 19.1. The molecule has 1 aromatic carbocycles. The Morgan fingerprint density at radius 1 is 1.29 bits per heavy atom. The number of piperidine rings is 1. The molecule has 2 atom stereocenters.